The van der Waals surface area contributed by atoms with Gasteiger partial charge in [0.15, 0.2) is 49.6 Å². The van der Waals surface area contributed by atoms with E-state index in [0.717, 1.165) is 26.2 Å². The molecule has 0 aliphatic heterocycles. The number of unbranched alkanes of at least 4 members (excludes halogenated alkanes) is 27. The lowest BCUT2D eigenvalue weighted by Gasteiger charge is -2.04. The molecule has 0 spiro atoms. The van der Waals surface area contributed by atoms with E-state index in [0.29, 0.717) is 0 Å². The van der Waals surface area contributed by atoms with E-state index in [-0.39, 0.29) is 0 Å². The number of rotatable bonds is 37. The molecule has 0 amide bonds. The molecule has 0 N–H and O–H groups in total. The maximum absolute atomic E-state index is 2.36. The third-order valence-electron chi connectivity index (χ3n) is 12.9. The minimum absolute atomic E-state index is 1.05. The monoisotopic (exact) mass is 819 g/mol. The van der Waals surface area contributed by atoms with Crippen LogP contribution in [0, 0.1) is 0 Å². The Bertz CT molecular complexity index is 1440. The largest absolute Gasteiger partial charge is 0.205 e. The molecule has 4 rings (SSSR count). The zero-order valence-corrected chi connectivity index (χ0v) is 39.1. The average Bonchev–Trinajstić information content (AvgIpc) is 3.29. The van der Waals surface area contributed by atoms with Crippen molar-refractivity contribution in [3.8, 4) is 22.3 Å². The molecule has 0 saturated carbocycles. The van der Waals surface area contributed by atoms with Gasteiger partial charge in [-0.25, -0.2) is 18.3 Å². The molecule has 0 aromatic carbocycles. The fraction of sp³-hybridized carbons (Fsp3) is 0.643. The third-order valence-corrected chi connectivity index (χ3v) is 12.9. The standard InChI is InChI=1S/C56H90N4/c1-3-5-7-9-11-13-15-17-19-21-23-25-27-29-41-57-45-33-53(34-46-57)55-37-49-59(50-38-55)43-31-32-44-60-51-39-56(40-52-60)54-35-47-58(48-36-54)42-30-28-26-24-22-20-18-16-14-12-10-8-6-4-2/h33-40,45-52H,3-32,41-44H2,1-2H3/q+4. The van der Waals surface area contributed by atoms with Crippen LogP contribution < -0.4 is 18.3 Å². The molecule has 4 heterocycles. The molecule has 0 fully saturated rings. The molecule has 330 valence electrons. The van der Waals surface area contributed by atoms with Crippen LogP contribution in [-0.2, 0) is 26.2 Å². The van der Waals surface area contributed by atoms with E-state index < -0.39 is 0 Å². The van der Waals surface area contributed by atoms with Gasteiger partial charge in [0.25, 0.3) is 0 Å². The summed E-state index contributed by atoms with van der Waals surface area (Å²) in [6, 6.07) is 18.2. The van der Waals surface area contributed by atoms with Crippen molar-refractivity contribution in [2.45, 2.75) is 233 Å². The van der Waals surface area contributed by atoms with Crippen molar-refractivity contribution in [2.24, 2.45) is 0 Å². The first kappa shape index (κ1) is 49.3. The number of hydrogen-bond donors (Lipinski definition) is 0. The molecule has 0 radical (unpaired) electrons. The highest BCUT2D eigenvalue weighted by Crippen LogP contribution is 2.18. The van der Waals surface area contributed by atoms with Gasteiger partial charge >= 0.3 is 0 Å². The molecule has 4 aromatic rings. The van der Waals surface area contributed by atoms with Crippen molar-refractivity contribution >= 4 is 0 Å². The smallest absolute Gasteiger partial charge is 0.169 e. The maximum Gasteiger partial charge on any atom is 0.169 e. The second-order valence-electron chi connectivity index (χ2n) is 18.2. The van der Waals surface area contributed by atoms with Gasteiger partial charge in [-0.1, -0.05) is 168 Å². The Kier molecular flexibility index (Phi) is 27.3. The summed E-state index contributed by atoms with van der Waals surface area (Å²) < 4.78 is 9.38. The molecule has 0 aliphatic rings. The SMILES string of the molecule is CCCCCCCCCCCCCCCC[n+]1ccc(-c2cc[n+](CCCC[n+]3ccc(-c4cc[n+](CCCCCCCCCCCCCCCC)cc4)cc3)cc2)cc1. The van der Waals surface area contributed by atoms with Crippen LogP contribution in [0.5, 0.6) is 0 Å². The van der Waals surface area contributed by atoms with Crippen molar-refractivity contribution in [1.82, 2.24) is 0 Å². The van der Waals surface area contributed by atoms with Crippen LogP contribution >= 0.6 is 0 Å². The maximum atomic E-state index is 2.36. The lowest BCUT2D eigenvalue weighted by Crippen LogP contribution is -2.35. The zero-order chi connectivity index (χ0) is 42.0. The summed E-state index contributed by atoms with van der Waals surface area (Å²) in [5.41, 5.74) is 5.19. The van der Waals surface area contributed by atoms with Gasteiger partial charge in [0.2, 0.25) is 0 Å². The van der Waals surface area contributed by atoms with Gasteiger partial charge in [0.05, 0.1) is 0 Å². The van der Waals surface area contributed by atoms with E-state index in [1.54, 1.807) is 0 Å². The summed E-state index contributed by atoms with van der Waals surface area (Å²) >= 11 is 0. The third kappa shape index (κ3) is 22.4. The second kappa shape index (κ2) is 33.3. The Balaban J connectivity index is 0.994. The van der Waals surface area contributed by atoms with Crippen LogP contribution in [0.2, 0.25) is 0 Å². The molecular formula is C56H90N4+4. The Morgan fingerprint density at radius 2 is 0.367 bits per heavy atom. The normalized spacial score (nSPS) is 11.4. The quantitative estimate of drug-likeness (QED) is 0.0318. The van der Waals surface area contributed by atoms with E-state index in [1.165, 1.54) is 215 Å². The topological polar surface area (TPSA) is 15.5 Å². The fourth-order valence-electron chi connectivity index (χ4n) is 8.76. The average molecular weight is 819 g/mol. The van der Waals surface area contributed by atoms with Crippen LogP contribution in [0.15, 0.2) is 98.1 Å². The van der Waals surface area contributed by atoms with Gasteiger partial charge in [0, 0.05) is 74.2 Å². The predicted molar refractivity (Wildman–Crippen MR) is 254 cm³/mol. The molecule has 0 unspecified atom stereocenters. The number of aromatic nitrogens is 4. The summed E-state index contributed by atoms with van der Waals surface area (Å²) in [5.74, 6) is 0. The number of nitrogens with zero attached hydrogens (tertiary/aromatic N) is 4. The molecule has 4 aromatic heterocycles. The van der Waals surface area contributed by atoms with Crippen LogP contribution in [0.1, 0.15) is 206 Å². The first-order valence-electron chi connectivity index (χ1n) is 25.7. The molecular weight excluding hydrogens is 729 g/mol. The molecule has 4 nitrogen and oxygen atoms in total. The van der Waals surface area contributed by atoms with Crippen LogP contribution in [0.4, 0.5) is 0 Å². The van der Waals surface area contributed by atoms with Gasteiger partial charge in [-0.15, -0.1) is 0 Å². The summed E-state index contributed by atoms with van der Waals surface area (Å²) in [6.45, 7) is 8.96. The van der Waals surface area contributed by atoms with Gasteiger partial charge in [-0.05, 0) is 35.1 Å². The Morgan fingerprint density at radius 1 is 0.217 bits per heavy atom. The number of hydrogen-bond acceptors (Lipinski definition) is 0. The zero-order valence-electron chi connectivity index (χ0n) is 39.1. The van der Waals surface area contributed by atoms with Crippen molar-refractivity contribution in [2.75, 3.05) is 0 Å². The summed E-state index contributed by atoms with van der Waals surface area (Å²) in [4.78, 5) is 0. The number of pyridine rings is 4. The molecule has 60 heavy (non-hydrogen) atoms. The van der Waals surface area contributed by atoms with Crippen molar-refractivity contribution in [1.29, 1.82) is 0 Å². The Labute approximate surface area is 369 Å². The highest BCUT2D eigenvalue weighted by molar-refractivity contribution is 5.61. The van der Waals surface area contributed by atoms with Crippen LogP contribution in [0.3, 0.4) is 0 Å². The van der Waals surface area contributed by atoms with Crippen LogP contribution in [0.25, 0.3) is 22.3 Å². The first-order chi connectivity index (χ1) is 29.7. The van der Waals surface area contributed by atoms with E-state index in [2.05, 4.69) is 130 Å². The van der Waals surface area contributed by atoms with Gasteiger partial charge < -0.3 is 0 Å². The first-order valence-corrected chi connectivity index (χ1v) is 25.7. The fourth-order valence-corrected chi connectivity index (χ4v) is 8.76. The molecule has 0 bridgehead atoms. The number of aryl methyl sites for hydroxylation is 4. The molecule has 0 aliphatic carbocycles. The van der Waals surface area contributed by atoms with Crippen molar-refractivity contribution in [3.05, 3.63) is 98.1 Å². The van der Waals surface area contributed by atoms with Crippen LogP contribution in [-0.4, -0.2) is 0 Å². The van der Waals surface area contributed by atoms with E-state index in [9.17, 15) is 0 Å². The summed E-state index contributed by atoms with van der Waals surface area (Å²) in [7, 11) is 0. The Hall–Kier alpha value is -3.40. The second-order valence-corrected chi connectivity index (χ2v) is 18.2. The van der Waals surface area contributed by atoms with E-state index in [4.69, 9.17) is 0 Å². The lowest BCUT2D eigenvalue weighted by atomic mass is 10.0. The highest BCUT2D eigenvalue weighted by atomic mass is 14.9. The van der Waals surface area contributed by atoms with Gasteiger partial charge in [-0.2, -0.15) is 0 Å². The van der Waals surface area contributed by atoms with E-state index in [1.807, 2.05) is 0 Å². The summed E-state index contributed by atoms with van der Waals surface area (Å²) in [6.07, 6.45) is 59.9. The van der Waals surface area contributed by atoms with Gasteiger partial charge in [0.1, 0.15) is 26.2 Å². The molecule has 4 heteroatoms. The molecule has 0 saturated heterocycles. The lowest BCUT2D eigenvalue weighted by molar-refractivity contribution is -0.708. The molecule has 0 atom stereocenters. The van der Waals surface area contributed by atoms with E-state index >= 15 is 0 Å². The summed E-state index contributed by atoms with van der Waals surface area (Å²) in [5, 5.41) is 0. The predicted octanol–water partition coefficient (Wildman–Crippen LogP) is 14.6. The van der Waals surface area contributed by atoms with Gasteiger partial charge in [-0.3, -0.25) is 0 Å². The minimum Gasteiger partial charge on any atom is -0.205 e. The highest BCUT2D eigenvalue weighted by Gasteiger charge is 2.09. The Morgan fingerprint density at radius 3 is 0.550 bits per heavy atom. The minimum atomic E-state index is 1.05. The van der Waals surface area contributed by atoms with Crippen molar-refractivity contribution in [3.63, 3.8) is 0 Å². The van der Waals surface area contributed by atoms with Crippen molar-refractivity contribution < 1.29 is 18.3 Å².